The van der Waals surface area contributed by atoms with E-state index in [9.17, 15) is 4.79 Å². The SMILES string of the molecule is CCNC(CCN1CCN2CCCCC2C1)C(=O)OCC. The number of likely N-dealkylation sites (N-methyl/N-ethyl adjacent to an activating group) is 1. The number of hydrogen-bond donors (Lipinski definition) is 1. The van der Waals surface area contributed by atoms with E-state index in [0.29, 0.717) is 6.61 Å². The van der Waals surface area contributed by atoms with Gasteiger partial charge in [0.2, 0.25) is 0 Å². The monoisotopic (exact) mass is 297 g/mol. The number of hydrogen-bond acceptors (Lipinski definition) is 5. The molecule has 2 heterocycles. The van der Waals surface area contributed by atoms with Crippen LogP contribution in [0.1, 0.15) is 39.5 Å². The molecule has 5 heteroatoms. The maximum Gasteiger partial charge on any atom is 0.323 e. The summed E-state index contributed by atoms with van der Waals surface area (Å²) in [6.45, 7) is 10.9. The summed E-state index contributed by atoms with van der Waals surface area (Å²) in [6.07, 6.45) is 4.92. The molecule has 0 amide bonds. The summed E-state index contributed by atoms with van der Waals surface area (Å²) in [4.78, 5) is 17.1. The molecule has 0 spiro atoms. The van der Waals surface area contributed by atoms with E-state index < -0.39 is 0 Å². The standard InChI is InChI=1S/C16H31N3O2/c1-3-17-15(16(20)21-4-2)8-10-18-11-12-19-9-6-5-7-14(19)13-18/h14-15,17H,3-13H2,1-2H3. The van der Waals surface area contributed by atoms with Crippen molar-refractivity contribution in [1.82, 2.24) is 15.1 Å². The van der Waals surface area contributed by atoms with Gasteiger partial charge in [-0.25, -0.2) is 0 Å². The van der Waals surface area contributed by atoms with Gasteiger partial charge in [0.05, 0.1) is 6.61 Å². The van der Waals surface area contributed by atoms with Crippen molar-refractivity contribution in [1.29, 1.82) is 0 Å². The quantitative estimate of drug-likeness (QED) is 0.713. The molecular formula is C16H31N3O2. The second kappa shape index (κ2) is 8.71. The topological polar surface area (TPSA) is 44.8 Å². The lowest BCUT2D eigenvalue weighted by Crippen LogP contribution is -2.55. The summed E-state index contributed by atoms with van der Waals surface area (Å²) < 4.78 is 5.15. The predicted octanol–water partition coefficient (Wildman–Crippen LogP) is 1.09. The third kappa shape index (κ3) is 4.94. The third-order valence-electron chi connectivity index (χ3n) is 4.68. The maximum absolute atomic E-state index is 11.9. The van der Waals surface area contributed by atoms with E-state index in [-0.39, 0.29) is 12.0 Å². The van der Waals surface area contributed by atoms with Gasteiger partial charge in [0.25, 0.3) is 0 Å². The molecule has 5 nitrogen and oxygen atoms in total. The average Bonchev–Trinajstić information content (AvgIpc) is 2.51. The second-order valence-corrected chi connectivity index (χ2v) is 6.14. The van der Waals surface area contributed by atoms with Gasteiger partial charge in [-0.15, -0.1) is 0 Å². The summed E-state index contributed by atoms with van der Waals surface area (Å²) in [7, 11) is 0. The number of fused-ring (bicyclic) bond motifs is 1. The molecule has 0 bridgehead atoms. The number of piperazine rings is 1. The Balaban J connectivity index is 1.76. The fourth-order valence-electron chi connectivity index (χ4n) is 3.53. The highest BCUT2D eigenvalue weighted by Crippen LogP contribution is 2.21. The molecule has 2 atom stereocenters. The summed E-state index contributed by atoms with van der Waals surface area (Å²) in [5, 5.41) is 3.25. The number of piperidine rings is 1. The van der Waals surface area contributed by atoms with Crippen LogP contribution in [-0.2, 0) is 9.53 Å². The molecule has 0 aromatic heterocycles. The van der Waals surface area contributed by atoms with Gasteiger partial charge in [0.15, 0.2) is 0 Å². The minimum absolute atomic E-state index is 0.101. The minimum atomic E-state index is -0.153. The van der Waals surface area contributed by atoms with E-state index >= 15 is 0 Å². The number of ether oxygens (including phenoxy) is 1. The summed E-state index contributed by atoms with van der Waals surface area (Å²) in [6, 6.07) is 0.590. The van der Waals surface area contributed by atoms with Crippen molar-refractivity contribution in [3.05, 3.63) is 0 Å². The van der Waals surface area contributed by atoms with Gasteiger partial charge in [-0.1, -0.05) is 13.3 Å². The number of rotatable bonds is 7. The molecule has 2 fully saturated rings. The molecule has 122 valence electrons. The normalized spacial score (nSPS) is 25.3. The molecular weight excluding hydrogens is 266 g/mol. The van der Waals surface area contributed by atoms with Crippen molar-refractivity contribution >= 4 is 5.97 Å². The first-order valence-corrected chi connectivity index (χ1v) is 8.61. The Morgan fingerprint density at radius 3 is 2.90 bits per heavy atom. The Kier molecular flexibility index (Phi) is 6.93. The fourth-order valence-corrected chi connectivity index (χ4v) is 3.53. The van der Waals surface area contributed by atoms with E-state index in [1.165, 1.54) is 38.9 Å². The molecule has 0 saturated carbocycles. The first-order valence-electron chi connectivity index (χ1n) is 8.61. The number of esters is 1. The van der Waals surface area contributed by atoms with Crippen molar-refractivity contribution < 1.29 is 9.53 Å². The molecule has 2 aliphatic rings. The zero-order valence-corrected chi connectivity index (χ0v) is 13.6. The van der Waals surface area contributed by atoms with Gasteiger partial charge >= 0.3 is 5.97 Å². The zero-order valence-electron chi connectivity index (χ0n) is 13.6. The zero-order chi connectivity index (χ0) is 15.1. The molecule has 0 aromatic carbocycles. The second-order valence-electron chi connectivity index (χ2n) is 6.14. The lowest BCUT2D eigenvalue weighted by molar-refractivity contribution is -0.146. The minimum Gasteiger partial charge on any atom is -0.465 e. The predicted molar refractivity (Wildman–Crippen MR) is 84.4 cm³/mol. The first kappa shape index (κ1) is 16.7. The van der Waals surface area contributed by atoms with Gasteiger partial charge in [-0.3, -0.25) is 9.69 Å². The fraction of sp³-hybridized carbons (Fsp3) is 0.938. The van der Waals surface area contributed by atoms with E-state index in [1.54, 1.807) is 0 Å². The van der Waals surface area contributed by atoms with Crippen molar-refractivity contribution in [2.24, 2.45) is 0 Å². The van der Waals surface area contributed by atoms with Crippen LogP contribution in [0.5, 0.6) is 0 Å². The van der Waals surface area contributed by atoms with Gasteiger partial charge in [-0.2, -0.15) is 0 Å². The Bertz CT molecular complexity index is 325. The maximum atomic E-state index is 11.9. The van der Waals surface area contributed by atoms with Crippen molar-refractivity contribution in [3.8, 4) is 0 Å². The van der Waals surface area contributed by atoms with Gasteiger partial charge in [-0.05, 0) is 39.3 Å². The van der Waals surface area contributed by atoms with Gasteiger partial charge in [0, 0.05) is 32.2 Å². The van der Waals surface area contributed by atoms with Crippen LogP contribution in [0, 0.1) is 0 Å². The first-order chi connectivity index (χ1) is 10.2. The molecule has 2 rings (SSSR count). The molecule has 2 unspecified atom stereocenters. The Morgan fingerprint density at radius 1 is 1.29 bits per heavy atom. The van der Waals surface area contributed by atoms with Crippen molar-refractivity contribution in [2.45, 2.75) is 51.6 Å². The van der Waals surface area contributed by atoms with Crippen LogP contribution in [0.25, 0.3) is 0 Å². The van der Waals surface area contributed by atoms with Crippen LogP contribution in [0.4, 0.5) is 0 Å². The molecule has 0 aromatic rings. The van der Waals surface area contributed by atoms with Crippen LogP contribution in [0.3, 0.4) is 0 Å². The lowest BCUT2D eigenvalue weighted by Gasteiger charge is -2.44. The molecule has 0 radical (unpaired) electrons. The van der Waals surface area contributed by atoms with Crippen LogP contribution >= 0.6 is 0 Å². The highest BCUT2D eigenvalue weighted by Gasteiger charge is 2.29. The largest absolute Gasteiger partial charge is 0.465 e. The summed E-state index contributed by atoms with van der Waals surface area (Å²) in [5.41, 5.74) is 0. The third-order valence-corrected chi connectivity index (χ3v) is 4.68. The number of nitrogens with one attached hydrogen (secondary N) is 1. The van der Waals surface area contributed by atoms with Crippen molar-refractivity contribution in [2.75, 3.05) is 45.9 Å². The number of nitrogens with zero attached hydrogens (tertiary/aromatic N) is 2. The van der Waals surface area contributed by atoms with E-state index in [2.05, 4.69) is 15.1 Å². The molecule has 1 N–H and O–H groups in total. The molecule has 21 heavy (non-hydrogen) atoms. The molecule has 2 saturated heterocycles. The summed E-state index contributed by atoms with van der Waals surface area (Å²) >= 11 is 0. The van der Waals surface area contributed by atoms with Gasteiger partial charge in [0.1, 0.15) is 6.04 Å². The van der Waals surface area contributed by atoms with Crippen LogP contribution in [0.2, 0.25) is 0 Å². The van der Waals surface area contributed by atoms with E-state index in [1.807, 2.05) is 13.8 Å². The smallest absolute Gasteiger partial charge is 0.323 e. The van der Waals surface area contributed by atoms with Crippen LogP contribution in [0.15, 0.2) is 0 Å². The Morgan fingerprint density at radius 2 is 2.14 bits per heavy atom. The van der Waals surface area contributed by atoms with Crippen LogP contribution < -0.4 is 5.32 Å². The number of carbonyl (C=O) groups excluding carboxylic acids is 1. The van der Waals surface area contributed by atoms with Gasteiger partial charge < -0.3 is 15.0 Å². The Labute approximate surface area is 129 Å². The Hall–Kier alpha value is -0.650. The number of carbonyl (C=O) groups is 1. The van der Waals surface area contributed by atoms with Crippen molar-refractivity contribution in [3.63, 3.8) is 0 Å². The summed E-state index contributed by atoms with van der Waals surface area (Å²) in [5.74, 6) is -0.101. The van der Waals surface area contributed by atoms with E-state index in [4.69, 9.17) is 4.74 Å². The van der Waals surface area contributed by atoms with E-state index in [0.717, 1.165) is 32.1 Å². The van der Waals surface area contributed by atoms with Crippen LogP contribution in [-0.4, -0.2) is 73.7 Å². The highest BCUT2D eigenvalue weighted by molar-refractivity contribution is 5.75. The highest BCUT2D eigenvalue weighted by atomic mass is 16.5. The average molecular weight is 297 g/mol. The lowest BCUT2D eigenvalue weighted by atomic mass is 9.99. The molecule has 2 aliphatic heterocycles. The molecule has 0 aliphatic carbocycles.